The number of rotatable bonds is 4. The predicted octanol–water partition coefficient (Wildman–Crippen LogP) is 1.94. The van der Waals surface area contributed by atoms with E-state index >= 15 is 0 Å². The van der Waals surface area contributed by atoms with Crippen molar-refractivity contribution in [3.8, 4) is 11.4 Å². The van der Waals surface area contributed by atoms with Crippen LogP contribution >= 0.6 is 11.3 Å². The van der Waals surface area contributed by atoms with Crippen molar-refractivity contribution in [3.05, 3.63) is 51.8 Å². The summed E-state index contributed by atoms with van der Waals surface area (Å²) in [7, 11) is 0. The van der Waals surface area contributed by atoms with Gasteiger partial charge in [0.15, 0.2) is 11.0 Å². The van der Waals surface area contributed by atoms with Crippen LogP contribution in [0.1, 0.15) is 4.88 Å². The summed E-state index contributed by atoms with van der Waals surface area (Å²) in [5.41, 5.74) is 6.19. The van der Waals surface area contributed by atoms with Crippen LogP contribution < -0.4 is 5.73 Å². The maximum Gasteiger partial charge on any atom is 0.270 e. The van der Waals surface area contributed by atoms with Crippen LogP contribution in [-0.4, -0.2) is 24.7 Å². The number of nitrogen functional groups attached to an aromatic ring is 1. The Morgan fingerprint density at radius 3 is 2.95 bits per heavy atom. The van der Waals surface area contributed by atoms with Gasteiger partial charge in [-0.05, 0) is 0 Å². The number of nitrogens with two attached hydrogens (primary N) is 1. The van der Waals surface area contributed by atoms with Crippen LogP contribution in [0.3, 0.4) is 0 Å². The summed E-state index contributed by atoms with van der Waals surface area (Å²) in [6.07, 6.45) is 3.26. The maximum atomic E-state index is 10.8. The van der Waals surface area contributed by atoms with Crippen LogP contribution in [0.25, 0.3) is 11.4 Å². The van der Waals surface area contributed by atoms with Crippen LogP contribution in [0, 0.1) is 10.1 Å². The summed E-state index contributed by atoms with van der Waals surface area (Å²) in [5.74, 6) is 0.441. The standard InChI is InChI=1S/C12H10N6O2S/c13-12-14-5-10(21-12)6-17-7-15-11(16-17)8-2-1-3-9(4-8)18(19)20/h1-5,7H,6H2,(H2,13,14). The molecule has 0 saturated carbocycles. The first kappa shape index (κ1) is 13.2. The maximum absolute atomic E-state index is 10.8. The Balaban J connectivity index is 1.84. The molecule has 0 atom stereocenters. The van der Waals surface area contributed by atoms with E-state index in [4.69, 9.17) is 5.73 Å². The molecule has 9 heteroatoms. The number of nitrogens with zero attached hydrogens (tertiary/aromatic N) is 5. The quantitative estimate of drug-likeness (QED) is 0.582. The van der Waals surface area contributed by atoms with Crippen molar-refractivity contribution in [1.82, 2.24) is 19.7 Å². The second-order valence-electron chi connectivity index (χ2n) is 4.24. The van der Waals surface area contributed by atoms with Gasteiger partial charge in [-0.2, -0.15) is 5.10 Å². The summed E-state index contributed by atoms with van der Waals surface area (Å²) < 4.78 is 1.64. The molecule has 0 aliphatic rings. The molecule has 0 saturated heterocycles. The van der Waals surface area contributed by atoms with Crippen LogP contribution in [0.5, 0.6) is 0 Å². The molecule has 2 N–H and O–H groups in total. The predicted molar refractivity (Wildman–Crippen MR) is 77.7 cm³/mol. The van der Waals surface area contributed by atoms with E-state index in [1.807, 2.05) is 0 Å². The number of non-ortho nitro benzene ring substituents is 1. The average Bonchev–Trinajstić information content (AvgIpc) is 3.09. The molecule has 1 aromatic carbocycles. The molecule has 8 nitrogen and oxygen atoms in total. The zero-order valence-electron chi connectivity index (χ0n) is 10.7. The molecule has 0 fully saturated rings. The minimum Gasteiger partial charge on any atom is -0.375 e. The molecule has 0 bridgehead atoms. The Hall–Kier alpha value is -2.81. The lowest BCUT2D eigenvalue weighted by atomic mass is 10.2. The molecule has 0 aliphatic heterocycles. The molecule has 0 unspecified atom stereocenters. The molecule has 0 amide bonds. The molecule has 106 valence electrons. The first-order valence-corrected chi connectivity index (χ1v) is 6.78. The van der Waals surface area contributed by atoms with E-state index in [2.05, 4.69) is 15.1 Å². The molecule has 3 rings (SSSR count). The minimum atomic E-state index is -0.444. The number of hydrogen-bond donors (Lipinski definition) is 1. The van der Waals surface area contributed by atoms with Crippen molar-refractivity contribution in [2.75, 3.05) is 5.73 Å². The Kier molecular flexibility index (Phi) is 3.32. The number of aromatic nitrogens is 4. The van der Waals surface area contributed by atoms with Gasteiger partial charge in [0, 0.05) is 28.8 Å². The lowest BCUT2D eigenvalue weighted by Crippen LogP contribution is -1.98. The molecule has 0 radical (unpaired) electrons. The van der Waals surface area contributed by atoms with Gasteiger partial charge in [-0.15, -0.1) is 11.3 Å². The van der Waals surface area contributed by atoms with Gasteiger partial charge in [-0.1, -0.05) is 12.1 Å². The third kappa shape index (κ3) is 2.87. The van der Waals surface area contributed by atoms with Gasteiger partial charge in [0.05, 0.1) is 11.5 Å². The number of benzene rings is 1. The largest absolute Gasteiger partial charge is 0.375 e. The molecule has 0 aliphatic carbocycles. The molecule has 21 heavy (non-hydrogen) atoms. The average molecular weight is 302 g/mol. The van der Waals surface area contributed by atoms with Crippen molar-refractivity contribution in [2.45, 2.75) is 6.54 Å². The lowest BCUT2D eigenvalue weighted by Gasteiger charge is -1.97. The third-order valence-corrected chi connectivity index (χ3v) is 3.55. The minimum absolute atomic E-state index is 0.0130. The highest BCUT2D eigenvalue weighted by molar-refractivity contribution is 7.15. The molecule has 3 aromatic rings. The fourth-order valence-corrected chi connectivity index (χ4v) is 2.49. The van der Waals surface area contributed by atoms with Crippen molar-refractivity contribution in [2.24, 2.45) is 0 Å². The highest BCUT2D eigenvalue weighted by atomic mass is 32.1. The van der Waals surface area contributed by atoms with Crippen LogP contribution in [0.4, 0.5) is 10.8 Å². The van der Waals surface area contributed by atoms with Gasteiger partial charge in [-0.25, -0.2) is 14.6 Å². The Bertz CT molecular complexity index is 796. The topological polar surface area (TPSA) is 113 Å². The van der Waals surface area contributed by atoms with Crippen LogP contribution in [0.2, 0.25) is 0 Å². The van der Waals surface area contributed by atoms with E-state index in [0.717, 1.165) is 4.88 Å². The van der Waals surface area contributed by atoms with E-state index in [1.54, 1.807) is 29.3 Å². The normalized spacial score (nSPS) is 10.7. The summed E-state index contributed by atoms with van der Waals surface area (Å²) in [4.78, 5) is 19.4. The molecule has 2 heterocycles. The zero-order chi connectivity index (χ0) is 14.8. The molecule has 2 aromatic heterocycles. The highest BCUT2D eigenvalue weighted by Gasteiger charge is 2.10. The molecule has 0 spiro atoms. The second kappa shape index (κ2) is 5.29. The highest BCUT2D eigenvalue weighted by Crippen LogP contribution is 2.21. The Morgan fingerprint density at radius 2 is 2.24 bits per heavy atom. The van der Waals surface area contributed by atoms with E-state index in [1.165, 1.54) is 23.5 Å². The lowest BCUT2D eigenvalue weighted by molar-refractivity contribution is -0.384. The fourth-order valence-electron chi connectivity index (χ4n) is 1.82. The van der Waals surface area contributed by atoms with Gasteiger partial charge in [-0.3, -0.25) is 10.1 Å². The summed E-state index contributed by atoms with van der Waals surface area (Å²) in [5, 5.41) is 15.6. The van der Waals surface area contributed by atoms with Crippen LogP contribution in [-0.2, 0) is 6.54 Å². The second-order valence-corrected chi connectivity index (χ2v) is 5.38. The van der Waals surface area contributed by atoms with Gasteiger partial charge in [0.2, 0.25) is 0 Å². The summed E-state index contributed by atoms with van der Waals surface area (Å²) in [6, 6.07) is 6.22. The van der Waals surface area contributed by atoms with Gasteiger partial charge < -0.3 is 5.73 Å². The van der Waals surface area contributed by atoms with Gasteiger partial charge >= 0.3 is 0 Å². The van der Waals surface area contributed by atoms with Crippen molar-refractivity contribution < 1.29 is 4.92 Å². The van der Waals surface area contributed by atoms with E-state index in [-0.39, 0.29) is 5.69 Å². The first-order valence-electron chi connectivity index (χ1n) is 5.96. The number of thiazole rings is 1. The van der Waals surface area contributed by atoms with Crippen molar-refractivity contribution in [1.29, 1.82) is 0 Å². The van der Waals surface area contributed by atoms with Crippen molar-refractivity contribution >= 4 is 22.2 Å². The van der Waals surface area contributed by atoms with Gasteiger partial charge in [0.25, 0.3) is 5.69 Å². The molecular formula is C12H10N6O2S. The first-order chi connectivity index (χ1) is 10.1. The van der Waals surface area contributed by atoms with Gasteiger partial charge in [0.1, 0.15) is 6.33 Å². The van der Waals surface area contributed by atoms with E-state index < -0.39 is 4.92 Å². The van der Waals surface area contributed by atoms with E-state index in [0.29, 0.717) is 23.1 Å². The fraction of sp³-hybridized carbons (Fsp3) is 0.0833. The zero-order valence-corrected chi connectivity index (χ0v) is 11.5. The number of hydrogen-bond acceptors (Lipinski definition) is 7. The SMILES string of the molecule is Nc1ncc(Cn2cnc(-c3cccc([N+](=O)[O-])c3)n2)s1. The summed E-state index contributed by atoms with van der Waals surface area (Å²) >= 11 is 1.38. The Morgan fingerprint density at radius 1 is 1.38 bits per heavy atom. The monoisotopic (exact) mass is 302 g/mol. The summed E-state index contributed by atoms with van der Waals surface area (Å²) in [6.45, 7) is 0.511. The number of nitro groups is 1. The smallest absolute Gasteiger partial charge is 0.270 e. The van der Waals surface area contributed by atoms with E-state index in [9.17, 15) is 10.1 Å². The number of anilines is 1. The molecular weight excluding hydrogens is 292 g/mol. The number of nitro benzene ring substituents is 1. The van der Waals surface area contributed by atoms with Crippen molar-refractivity contribution in [3.63, 3.8) is 0 Å². The van der Waals surface area contributed by atoms with Crippen LogP contribution in [0.15, 0.2) is 36.8 Å². The third-order valence-electron chi connectivity index (χ3n) is 2.74. The Labute approximate surface area is 123 Å².